The Balaban J connectivity index is 1.91. The van der Waals surface area contributed by atoms with Crippen LogP contribution in [0.25, 0.3) is 0 Å². The van der Waals surface area contributed by atoms with E-state index in [0.717, 1.165) is 12.8 Å². The van der Waals surface area contributed by atoms with Crippen molar-refractivity contribution in [3.05, 3.63) is 35.9 Å². The van der Waals surface area contributed by atoms with Gasteiger partial charge in [0.15, 0.2) is 5.60 Å². The first-order valence-electron chi connectivity index (χ1n) is 10.2. The van der Waals surface area contributed by atoms with Gasteiger partial charge in [0.1, 0.15) is 5.60 Å². The molecule has 0 bridgehead atoms. The van der Waals surface area contributed by atoms with Crippen molar-refractivity contribution < 1.29 is 14.3 Å². The fraction of sp³-hybridized carbons (Fsp3) is 0.727. The third kappa shape index (κ3) is 2.49. The number of benzene rings is 1. The Morgan fingerprint density at radius 1 is 1.11 bits per heavy atom. The Morgan fingerprint density at radius 2 is 1.74 bits per heavy atom. The molecule has 3 heterocycles. The van der Waals surface area contributed by atoms with Gasteiger partial charge in [-0.1, -0.05) is 44.2 Å². The third-order valence-electron chi connectivity index (χ3n) is 6.38. The van der Waals surface area contributed by atoms with Crippen LogP contribution in [0.2, 0.25) is 0 Å². The molecule has 150 valence electrons. The van der Waals surface area contributed by atoms with Crippen LogP contribution in [0.4, 0.5) is 0 Å². The minimum Gasteiger partial charge on any atom is -0.353 e. The van der Waals surface area contributed by atoms with Crippen molar-refractivity contribution in [2.24, 2.45) is 0 Å². The van der Waals surface area contributed by atoms with Crippen molar-refractivity contribution in [1.29, 1.82) is 0 Å². The van der Waals surface area contributed by atoms with Gasteiger partial charge in [-0.25, -0.2) is 4.84 Å². The van der Waals surface area contributed by atoms with Gasteiger partial charge in [-0.15, -0.1) is 0 Å². The minimum absolute atomic E-state index is 0.0556. The summed E-state index contributed by atoms with van der Waals surface area (Å²) >= 11 is 0. The second-order valence-electron chi connectivity index (χ2n) is 9.85. The molecule has 3 aliphatic rings. The van der Waals surface area contributed by atoms with E-state index in [-0.39, 0.29) is 22.7 Å². The summed E-state index contributed by atoms with van der Waals surface area (Å²) in [5.41, 5.74) is -0.0644. The van der Waals surface area contributed by atoms with E-state index in [4.69, 9.17) is 14.3 Å². The second-order valence-corrected chi connectivity index (χ2v) is 9.85. The summed E-state index contributed by atoms with van der Waals surface area (Å²) in [6, 6.07) is 10.5. The molecule has 0 radical (unpaired) electrons. The van der Waals surface area contributed by atoms with Crippen molar-refractivity contribution in [2.75, 3.05) is 6.61 Å². The standard InChI is InChI=1S/C22H34N2O3/c1-8-20(9-2)21(26-20)17(16-13-11-10-12-14-16)24(18(3,4)5)27-22(21)23-19(6,7)15-25-22/h10-14,17,23H,8-9,15H2,1-7H3/t17-,21+,22+/m0/s1. The topological polar surface area (TPSA) is 46.3 Å². The summed E-state index contributed by atoms with van der Waals surface area (Å²) in [6.07, 6.45) is 1.84. The first-order chi connectivity index (χ1) is 12.6. The lowest BCUT2D eigenvalue weighted by atomic mass is 9.77. The molecule has 0 saturated carbocycles. The zero-order valence-electron chi connectivity index (χ0n) is 17.8. The van der Waals surface area contributed by atoms with Crippen LogP contribution in [0, 0.1) is 0 Å². The van der Waals surface area contributed by atoms with Gasteiger partial charge in [-0.05, 0) is 53.0 Å². The normalized spacial score (nSPS) is 37.4. The number of hydrogen-bond acceptors (Lipinski definition) is 5. The molecule has 1 aromatic carbocycles. The zero-order chi connectivity index (χ0) is 19.7. The number of fused-ring (bicyclic) bond motifs is 1. The van der Waals surface area contributed by atoms with E-state index >= 15 is 0 Å². The highest BCUT2D eigenvalue weighted by molar-refractivity contribution is 5.37. The number of ether oxygens (including phenoxy) is 2. The van der Waals surface area contributed by atoms with Crippen LogP contribution in [-0.2, 0) is 14.3 Å². The highest BCUT2D eigenvalue weighted by Gasteiger charge is 2.89. The molecular formula is C22H34N2O3. The Kier molecular flexibility index (Phi) is 4.13. The summed E-state index contributed by atoms with van der Waals surface area (Å²) in [4.78, 5) is 6.69. The average Bonchev–Trinajstić information content (AvgIpc) is 3.06. The summed E-state index contributed by atoms with van der Waals surface area (Å²) in [5.74, 6) is -0.976. The zero-order valence-corrected chi connectivity index (χ0v) is 17.8. The van der Waals surface area contributed by atoms with Crippen molar-refractivity contribution in [3.63, 3.8) is 0 Å². The van der Waals surface area contributed by atoms with Gasteiger partial charge in [0.05, 0.1) is 12.6 Å². The van der Waals surface area contributed by atoms with E-state index in [1.165, 1.54) is 5.56 Å². The average molecular weight is 375 g/mol. The summed E-state index contributed by atoms with van der Waals surface area (Å²) in [6.45, 7) is 15.8. The summed E-state index contributed by atoms with van der Waals surface area (Å²) in [7, 11) is 0. The predicted octanol–water partition coefficient (Wildman–Crippen LogP) is 4.15. The van der Waals surface area contributed by atoms with Crippen LogP contribution in [0.1, 0.15) is 72.9 Å². The van der Waals surface area contributed by atoms with Crippen molar-refractivity contribution in [2.45, 2.75) is 95.5 Å². The third-order valence-corrected chi connectivity index (χ3v) is 6.38. The molecule has 0 unspecified atom stereocenters. The fourth-order valence-electron chi connectivity index (χ4n) is 5.06. The molecule has 1 aromatic rings. The Hall–Kier alpha value is -0.980. The van der Waals surface area contributed by atoms with E-state index in [9.17, 15) is 0 Å². The van der Waals surface area contributed by atoms with Crippen LogP contribution in [0.3, 0.4) is 0 Å². The highest BCUT2D eigenvalue weighted by atomic mass is 16.9. The molecule has 0 aliphatic carbocycles. The SMILES string of the molecule is CCC1(CC)O[C@]12[C@H](c1ccccc1)N(C(C)(C)C)O[C@@]21NC(C)(C)CO1. The molecule has 3 fully saturated rings. The van der Waals surface area contributed by atoms with Gasteiger partial charge in [0, 0.05) is 11.1 Å². The molecule has 3 saturated heterocycles. The lowest BCUT2D eigenvalue weighted by molar-refractivity contribution is -0.329. The van der Waals surface area contributed by atoms with E-state index < -0.39 is 11.5 Å². The summed E-state index contributed by atoms with van der Waals surface area (Å²) < 4.78 is 13.2. The first kappa shape index (κ1) is 19.3. The molecule has 0 aromatic heterocycles. The molecule has 5 heteroatoms. The smallest absolute Gasteiger partial charge is 0.280 e. The molecule has 3 aliphatic heterocycles. The first-order valence-corrected chi connectivity index (χ1v) is 10.2. The van der Waals surface area contributed by atoms with Gasteiger partial charge in [0.2, 0.25) is 0 Å². The molecular weight excluding hydrogens is 340 g/mol. The lowest BCUT2D eigenvalue weighted by Crippen LogP contribution is -2.59. The van der Waals surface area contributed by atoms with Gasteiger partial charge < -0.3 is 9.47 Å². The maximum Gasteiger partial charge on any atom is 0.280 e. The number of epoxide rings is 1. The number of nitrogens with zero attached hydrogens (tertiary/aromatic N) is 1. The van der Waals surface area contributed by atoms with E-state index in [1.54, 1.807) is 0 Å². The van der Waals surface area contributed by atoms with Crippen LogP contribution in [-0.4, -0.2) is 39.9 Å². The Labute approximate surface area is 163 Å². The number of rotatable bonds is 3. The largest absolute Gasteiger partial charge is 0.353 e. The van der Waals surface area contributed by atoms with Crippen LogP contribution in [0.15, 0.2) is 30.3 Å². The molecule has 5 nitrogen and oxygen atoms in total. The number of hydroxylamine groups is 2. The minimum atomic E-state index is -0.976. The van der Waals surface area contributed by atoms with Gasteiger partial charge in [-0.3, -0.25) is 5.32 Å². The van der Waals surface area contributed by atoms with Crippen LogP contribution < -0.4 is 5.32 Å². The Morgan fingerprint density at radius 3 is 2.19 bits per heavy atom. The van der Waals surface area contributed by atoms with Crippen LogP contribution >= 0.6 is 0 Å². The van der Waals surface area contributed by atoms with Gasteiger partial charge >= 0.3 is 0 Å². The molecule has 2 spiro atoms. The van der Waals surface area contributed by atoms with Crippen LogP contribution in [0.5, 0.6) is 0 Å². The molecule has 3 atom stereocenters. The predicted molar refractivity (Wildman–Crippen MR) is 105 cm³/mol. The van der Waals surface area contributed by atoms with Crippen molar-refractivity contribution in [1.82, 2.24) is 10.4 Å². The maximum absolute atomic E-state index is 6.72. The molecule has 0 amide bonds. The molecule has 4 rings (SSSR count). The Bertz CT molecular complexity index is 710. The monoisotopic (exact) mass is 374 g/mol. The lowest BCUT2D eigenvalue weighted by Gasteiger charge is -2.35. The number of hydrogen-bond donors (Lipinski definition) is 1. The fourth-order valence-corrected chi connectivity index (χ4v) is 5.06. The molecule has 27 heavy (non-hydrogen) atoms. The number of nitrogens with one attached hydrogen (secondary N) is 1. The maximum atomic E-state index is 6.72. The summed E-state index contributed by atoms with van der Waals surface area (Å²) in [5, 5.41) is 5.77. The van der Waals surface area contributed by atoms with Crippen molar-refractivity contribution >= 4 is 0 Å². The molecule has 1 N–H and O–H groups in total. The van der Waals surface area contributed by atoms with Gasteiger partial charge in [0.25, 0.3) is 5.91 Å². The highest BCUT2D eigenvalue weighted by Crippen LogP contribution is 2.71. The van der Waals surface area contributed by atoms with E-state index in [0.29, 0.717) is 6.61 Å². The quantitative estimate of drug-likeness (QED) is 0.805. The second kappa shape index (κ2) is 5.77. The van der Waals surface area contributed by atoms with Crippen molar-refractivity contribution in [3.8, 4) is 0 Å². The van der Waals surface area contributed by atoms with E-state index in [1.807, 2.05) is 0 Å². The van der Waals surface area contributed by atoms with Gasteiger partial charge in [-0.2, -0.15) is 5.06 Å². The van der Waals surface area contributed by atoms with E-state index in [2.05, 4.69) is 89.2 Å².